The highest BCUT2D eigenvalue weighted by Crippen LogP contribution is 2.47. The van der Waals surface area contributed by atoms with E-state index in [1.165, 1.54) is 190 Å². The van der Waals surface area contributed by atoms with Gasteiger partial charge in [0.15, 0.2) is 0 Å². The summed E-state index contributed by atoms with van der Waals surface area (Å²) in [5.74, 6) is 0. The summed E-state index contributed by atoms with van der Waals surface area (Å²) in [5, 5.41) is 0. The Morgan fingerprint density at radius 3 is 0.855 bits per heavy atom. The van der Waals surface area contributed by atoms with Crippen LogP contribution in [0.1, 0.15) is 101 Å². The largest absolute Gasteiger partial charge is 0.172 e. The first-order valence-corrected chi connectivity index (χ1v) is 36.0. The van der Waals surface area contributed by atoms with E-state index in [9.17, 15) is 0 Å². The van der Waals surface area contributed by atoms with Crippen molar-refractivity contribution >= 4 is 159 Å². The number of benzene rings is 4. The van der Waals surface area contributed by atoms with Crippen molar-refractivity contribution in [1.82, 2.24) is 35.0 Å². The first-order valence-electron chi connectivity index (χ1n) is 28.2. The number of hydrogen-bond acceptors (Lipinski definition) is 18. The van der Waals surface area contributed by atoms with E-state index in [4.69, 9.17) is 30.6 Å². The van der Waals surface area contributed by atoms with Gasteiger partial charge in [-0.2, -0.15) is 35.0 Å². The number of aryl methyl sites for hydroxylation is 7. The fourth-order valence-corrected chi connectivity index (χ4v) is 19.4. The van der Waals surface area contributed by atoms with Crippen LogP contribution in [0.3, 0.4) is 0 Å². The maximum Gasteiger partial charge on any atom is 0.114 e. The third-order valence-electron chi connectivity index (χ3n) is 15.5. The van der Waals surface area contributed by atoms with Crippen LogP contribution in [0.2, 0.25) is 0 Å². The van der Waals surface area contributed by atoms with Crippen molar-refractivity contribution in [2.24, 2.45) is 0 Å². The number of nitrogens with zero attached hydrogens (tertiary/aromatic N) is 8. The topological polar surface area (TPSA) is 103 Å². The van der Waals surface area contributed by atoms with Crippen molar-refractivity contribution in [2.75, 3.05) is 0 Å². The van der Waals surface area contributed by atoms with Gasteiger partial charge in [-0.3, -0.25) is 0 Å². The summed E-state index contributed by atoms with van der Waals surface area (Å²) in [6, 6.07) is 38.0. The molecule has 0 atom stereocenters. The predicted octanol–water partition coefficient (Wildman–Crippen LogP) is 22.9. The van der Waals surface area contributed by atoms with Gasteiger partial charge in [-0.15, -0.1) is 68.0 Å². The van der Waals surface area contributed by atoms with Gasteiger partial charge in [-0.05, 0) is 132 Å². The van der Waals surface area contributed by atoms with Gasteiger partial charge in [-0.1, -0.05) is 101 Å². The number of thiophene rings is 6. The Labute approximate surface area is 524 Å². The van der Waals surface area contributed by atoms with Gasteiger partial charge >= 0.3 is 0 Å². The molecule has 0 saturated heterocycles. The maximum absolute atomic E-state index is 4.78. The summed E-state index contributed by atoms with van der Waals surface area (Å²) in [7, 11) is 0. The number of fused-ring (bicyclic) bond motifs is 4. The van der Waals surface area contributed by atoms with E-state index in [2.05, 4.69) is 156 Å². The lowest BCUT2D eigenvalue weighted by Crippen LogP contribution is -1.85. The molecule has 14 rings (SSSR count). The molecule has 418 valence electrons. The molecule has 14 aromatic rings. The van der Waals surface area contributed by atoms with Gasteiger partial charge in [0, 0.05) is 103 Å². The molecular formula is C65H58N8S10. The summed E-state index contributed by atoms with van der Waals surface area (Å²) in [4.78, 5) is 15.3. The SMILES string of the molecule is CCCCCCc1cc(-c2ccc(-c3ccc(-c4ccc(-c5cc(C)c(C)s5)c5nsnc45)s3)c3nsnc23)sc1C.CCCCCCc1cc(-c2ccc(-c3ccc(-c4ccc(-c5ccc(C)s5)c5nsnc45)s3)c3nsnc23)sc1C. The zero-order valence-corrected chi connectivity index (χ0v) is 55.2. The fourth-order valence-electron chi connectivity index (χ4n) is 10.9. The zero-order valence-electron chi connectivity index (χ0n) is 47.0. The van der Waals surface area contributed by atoms with Gasteiger partial charge < -0.3 is 0 Å². The molecule has 0 N–H and O–H groups in total. The van der Waals surface area contributed by atoms with Crippen LogP contribution in [0.5, 0.6) is 0 Å². The van der Waals surface area contributed by atoms with E-state index in [0.29, 0.717) is 0 Å². The van der Waals surface area contributed by atoms with E-state index in [1.807, 2.05) is 34.0 Å². The van der Waals surface area contributed by atoms with Crippen LogP contribution < -0.4 is 0 Å². The number of hydrogen-bond donors (Lipinski definition) is 0. The average Bonchev–Trinajstić information content (AvgIpc) is 3.27. The molecule has 0 aliphatic carbocycles. The van der Waals surface area contributed by atoms with Crippen molar-refractivity contribution in [3.05, 3.63) is 139 Å². The van der Waals surface area contributed by atoms with Gasteiger partial charge in [0.25, 0.3) is 0 Å². The number of rotatable bonds is 18. The van der Waals surface area contributed by atoms with Crippen molar-refractivity contribution in [2.45, 2.75) is 113 Å². The average molecular weight is 1270 g/mol. The minimum Gasteiger partial charge on any atom is -0.172 e. The molecule has 0 aliphatic rings. The summed E-state index contributed by atoms with van der Waals surface area (Å²) in [6.07, 6.45) is 12.6. The molecule has 8 nitrogen and oxygen atoms in total. The molecule has 10 aromatic heterocycles. The number of unbranched alkanes of at least 4 members (excludes halogenated alkanes) is 6. The lowest BCUT2D eigenvalue weighted by Gasteiger charge is -2.05. The molecule has 0 unspecified atom stereocenters. The Balaban J connectivity index is 0.000000155. The first kappa shape index (κ1) is 56.5. The van der Waals surface area contributed by atoms with Crippen LogP contribution in [0.25, 0.3) is 128 Å². The van der Waals surface area contributed by atoms with Gasteiger partial charge in [0.2, 0.25) is 0 Å². The molecule has 0 amide bonds. The van der Waals surface area contributed by atoms with Crippen LogP contribution in [0.4, 0.5) is 0 Å². The summed E-state index contributed by atoms with van der Waals surface area (Å²) in [5.41, 5.74) is 21.4. The molecule has 0 fully saturated rings. The standard InChI is InChI=1S/C33H30N4S5.C32H28N4S5/c1-5-6-7-8-9-21-17-29(39-20(21)4)25-13-11-23(31-33(25)37-42-35-31)27-15-14-26(40-27)22-10-12-24(32-30(22)34-41-36-32)28-16-18(2)19(3)38-28;1-4-5-6-7-8-20-17-28(38-19(20)3)24-13-12-23(31-32(24)36-41-35-31)27-16-15-26(39-27)22-11-10-21(25-14-9-18(2)37-25)29-30(22)34-40-33-29/h10-17H,5-9H2,1-4H3;9-17H,4-8H2,1-3H3. The highest BCUT2D eigenvalue weighted by Gasteiger charge is 2.23. The molecule has 83 heavy (non-hydrogen) atoms. The van der Waals surface area contributed by atoms with Gasteiger partial charge in [0.1, 0.15) is 44.1 Å². The summed E-state index contributed by atoms with van der Waals surface area (Å²) >= 11 is 16.1. The van der Waals surface area contributed by atoms with Crippen molar-refractivity contribution < 1.29 is 0 Å². The zero-order chi connectivity index (χ0) is 56.7. The summed E-state index contributed by atoms with van der Waals surface area (Å²) in [6.45, 7) is 15.5. The second-order valence-electron chi connectivity index (χ2n) is 21.1. The van der Waals surface area contributed by atoms with Crippen LogP contribution in [0, 0.1) is 34.6 Å². The minimum absolute atomic E-state index is 0.973. The molecule has 0 radical (unpaired) electrons. The molecule has 0 aliphatic heterocycles. The highest BCUT2D eigenvalue weighted by molar-refractivity contribution is 7.20. The predicted molar refractivity (Wildman–Crippen MR) is 367 cm³/mol. The van der Waals surface area contributed by atoms with E-state index < -0.39 is 0 Å². The minimum atomic E-state index is 0.973. The van der Waals surface area contributed by atoms with Gasteiger partial charge in [-0.25, -0.2) is 0 Å². The Bertz CT molecular complexity index is 4580. The second kappa shape index (κ2) is 24.8. The second-order valence-corrected chi connectivity index (χ2v) is 30.4. The summed E-state index contributed by atoms with van der Waals surface area (Å²) < 4.78 is 38.0. The molecule has 0 saturated carbocycles. The van der Waals surface area contributed by atoms with E-state index in [0.717, 1.165) is 84.8 Å². The van der Waals surface area contributed by atoms with Crippen LogP contribution >= 0.6 is 115 Å². The Morgan fingerprint density at radius 2 is 0.566 bits per heavy atom. The highest BCUT2D eigenvalue weighted by atomic mass is 32.1. The van der Waals surface area contributed by atoms with Crippen LogP contribution in [-0.2, 0) is 12.8 Å². The molecule has 18 heteroatoms. The Kier molecular flexibility index (Phi) is 16.8. The van der Waals surface area contributed by atoms with Crippen molar-refractivity contribution in [3.8, 4) is 83.5 Å². The normalized spacial score (nSPS) is 11.8. The van der Waals surface area contributed by atoms with E-state index in [-0.39, 0.29) is 0 Å². The first-order chi connectivity index (χ1) is 40.6. The van der Waals surface area contributed by atoms with Gasteiger partial charge in [0.05, 0.1) is 46.9 Å². The Hall–Kier alpha value is -5.64. The smallest absolute Gasteiger partial charge is 0.114 e. The maximum atomic E-state index is 4.78. The quantitative estimate of drug-likeness (QED) is 0.0783. The van der Waals surface area contributed by atoms with Crippen LogP contribution in [0.15, 0.2) is 103 Å². The number of aromatic nitrogens is 8. The molecule has 0 spiro atoms. The Morgan fingerprint density at radius 1 is 0.277 bits per heavy atom. The van der Waals surface area contributed by atoms with Crippen LogP contribution in [-0.4, -0.2) is 35.0 Å². The molecule has 4 aromatic carbocycles. The van der Waals surface area contributed by atoms with Crippen molar-refractivity contribution in [1.29, 1.82) is 0 Å². The lowest BCUT2D eigenvalue weighted by atomic mass is 10.0. The van der Waals surface area contributed by atoms with Crippen molar-refractivity contribution in [3.63, 3.8) is 0 Å². The third kappa shape index (κ3) is 11.3. The molecule has 0 bridgehead atoms. The molecule has 10 heterocycles. The monoisotopic (exact) mass is 1270 g/mol. The third-order valence-corrected chi connectivity index (χ3v) is 24.4. The fraction of sp³-hybridized carbons (Fsp3) is 0.262. The lowest BCUT2D eigenvalue weighted by molar-refractivity contribution is 0.666. The van der Waals surface area contributed by atoms with E-state index >= 15 is 0 Å². The van der Waals surface area contributed by atoms with E-state index in [1.54, 1.807) is 34.0 Å². The molecular weight excluding hydrogens is 1210 g/mol.